The molecule has 0 amide bonds. The minimum absolute atomic E-state index is 0.0567. The molecule has 1 saturated heterocycles. The maximum absolute atomic E-state index is 13.0. The Labute approximate surface area is 138 Å². The largest absolute Gasteiger partial charge is 0.497 e. The summed E-state index contributed by atoms with van der Waals surface area (Å²) in [5.41, 5.74) is 0.540. The standard InChI is InChI=1S/C19H28O4/c1-19(2)13-15(10-12-23-19)17(5-4-11-20)18(21)14-6-8-16(22-3)9-7-14/h6-9,15,17,20H,4-5,10-13H2,1-3H3/t15-,17-/m1/s1. The second-order valence-electron chi connectivity index (χ2n) is 6.93. The average molecular weight is 320 g/mol. The van der Waals surface area contributed by atoms with Crippen LogP contribution in [0.2, 0.25) is 0 Å². The Balaban J connectivity index is 2.17. The smallest absolute Gasteiger partial charge is 0.166 e. The van der Waals surface area contributed by atoms with Crippen molar-refractivity contribution in [2.45, 2.75) is 45.1 Å². The SMILES string of the molecule is COc1ccc(C(=O)[C@H](CCCO)[C@@H]2CCOC(C)(C)C2)cc1. The van der Waals surface area contributed by atoms with E-state index >= 15 is 0 Å². The minimum Gasteiger partial charge on any atom is -0.497 e. The number of benzene rings is 1. The lowest BCUT2D eigenvalue weighted by molar-refractivity contribution is -0.0803. The Morgan fingerprint density at radius 1 is 1.39 bits per heavy atom. The normalized spacial score (nSPS) is 21.7. The summed E-state index contributed by atoms with van der Waals surface area (Å²) in [5.74, 6) is 1.17. The lowest BCUT2D eigenvalue weighted by atomic mass is 9.74. The van der Waals surface area contributed by atoms with Crippen molar-refractivity contribution >= 4 is 5.78 Å². The van der Waals surface area contributed by atoms with E-state index in [4.69, 9.17) is 9.47 Å². The van der Waals surface area contributed by atoms with Crippen molar-refractivity contribution in [3.63, 3.8) is 0 Å². The van der Waals surface area contributed by atoms with Gasteiger partial charge in [-0.3, -0.25) is 4.79 Å². The first-order valence-corrected chi connectivity index (χ1v) is 8.40. The van der Waals surface area contributed by atoms with Crippen molar-refractivity contribution in [3.8, 4) is 5.75 Å². The average Bonchev–Trinajstić information content (AvgIpc) is 2.54. The molecule has 1 N–H and O–H groups in total. The van der Waals surface area contributed by atoms with Crippen molar-refractivity contribution in [1.29, 1.82) is 0 Å². The first kappa shape index (κ1) is 18.0. The van der Waals surface area contributed by atoms with E-state index in [-0.39, 0.29) is 23.9 Å². The zero-order valence-corrected chi connectivity index (χ0v) is 14.4. The number of Topliss-reactive ketones (excluding diaryl/α,β-unsaturated/α-hetero) is 1. The number of aliphatic hydroxyl groups excluding tert-OH is 1. The molecule has 4 nitrogen and oxygen atoms in total. The lowest BCUT2D eigenvalue weighted by Gasteiger charge is -2.38. The highest BCUT2D eigenvalue weighted by Crippen LogP contribution is 2.37. The molecule has 23 heavy (non-hydrogen) atoms. The maximum atomic E-state index is 13.0. The van der Waals surface area contributed by atoms with E-state index in [1.54, 1.807) is 7.11 Å². The van der Waals surface area contributed by atoms with Gasteiger partial charge in [-0.15, -0.1) is 0 Å². The molecule has 1 aromatic carbocycles. The van der Waals surface area contributed by atoms with Crippen molar-refractivity contribution in [1.82, 2.24) is 0 Å². The molecule has 0 radical (unpaired) electrons. The molecule has 4 heteroatoms. The van der Waals surface area contributed by atoms with Crippen LogP contribution in [0, 0.1) is 11.8 Å². The van der Waals surface area contributed by atoms with E-state index in [1.165, 1.54) is 0 Å². The van der Waals surface area contributed by atoms with E-state index in [0.717, 1.165) is 30.6 Å². The third-order valence-electron chi connectivity index (χ3n) is 4.69. The topological polar surface area (TPSA) is 55.8 Å². The van der Waals surface area contributed by atoms with Crippen molar-refractivity contribution < 1.29 is 19.4 Å². The second-order valence-corrected chi connectivity index (χ2v) is 6.93. The van der Waals surface area contributed by atoms with Gasteiger partial charge in [0.2, 0.25) is 0 Å². The van der Waals surface area contributed by atoms with Crippen LogP contribution >= 0.6 is 0 Å². The summed E-state index contributed by atoms with van der Waals surface area (Å²) in [7, 11) is 1.62. The third-order valence-corrected chi connectivity index (χ3v) is 4.69. The van der Waals surface area contributed by atoms with Gasteiger partial charge >= 0.3 is 0 Å². The Bertz CT molecular complexity index is 507. The highest BCUT2D eigenvalue weighted by molar-refractivity contribution is 5.98. The molecular weight excluding hydrogens is 292 g/mol. The molecule has 1 aliphatic heterocycles. The summed E-state index contributed by atoms with van der Waals surface area (Å²) < 4.78 is 10.9. The number of carbonyl (C=O) groups excluding carboxylic acids is 1. The summed E-state index contributed by atoms with van der Waals surface area (Å²) in [4.78, 5) is 13.0. The number of aliphatic hydroxyl groups is 1. The van der Waals surface area contributed by atoms with Crippen LogP contribution in [-0.4, -0.2) is 36.8 Å². The zero-order valence-electron chi connectivity index (χ0n) is 14.4. The summed E-state index contributed by atoms with van der Waals surface area (Å²) in [6.07, 6.45) is 3.17. The van der Waals surface area contributed by atoms with Gasteiger partial charge in [-0.1, -0.05) is 0 Å². The highest BCUT2D eigenvalue weighted by Gasteiger charge is 2.36. The van der Waals surface area contributed by atoms with Crippen molar-refractivity contribution in [2.24, 2.45) is 11.8 Å². The van der Waals surface area contributed by atoms with Gasteiger partial charge in [-0.05, 0) is 69.7 Å². The number of methoxy groups -OCH3 is 1. The first-order valence-electron chi connectivity index (χ1n) is 8.40. The van der Waals surface area contributed by atoms with Crippen LogP contribution in [0.3, 0.4) is 0 Å². The molecular formula is C19H28O4. The molecule has 1 aliphatic rings. The van der Waals surface area contributed by atoms with E-state index in [2.05, 4.69) is 13.8 Å². The molecule has 0 spiro atoms. The molecule has 2 rings (SSSR count). The van der Waals surface area contributed by atoms with E-state index in [9.17, 15) is 9.90 Å². The molecule has 128 valence electrons. The predicted molar refractivity (Wildman–Crippen MR) is 89.9 cm³/mol. The summed E-state index contributed by atoms with van der Waals surface area (Å²) >= 11 is 0. The Morgan fingerprint density at radius 2 is 2.09 bits per heavy atom. The van der Waals surface area contributed by atoms with Crippen LogP contribution in [-0.2, 0) is 4.74 Å². The van der Waals surface area contributed by atoms with Crippen LogP contribution in [0.5, 0.6) is 5.75 Å². The van der Waals surface area contributed by atoms with Crippen molar-refractivity contribution in [3.05, 3.63) is 29.8 Å². The number of hydrogen-bond acceptors (Lipinski definition) is 4. The van der Waals surface area contributed by atoms with E-state index < -0.39 is 0 Å². The fraction of sp³-hybridized carbons (Fsp3) is 0.632. The van der Waals surface area contributed by atoms with Crippen LogP contribution < -0.4 is 4.74 Å². The van der Waals surface area contributed by atoms with E-state index in [1.807, 2.05) is 24.3 Å². The molecule has 0 aromatic heterocycles. The first-order chi connectivity index (χ1) is 11.0. The van der Waals surface area contributed by atoms with Crippen LogP contribution in [0.1, 0.15) is 49.9 Å². The second kappa shape index (κ2) is 7.93. The Kier molecular flexibility index (Phi) is 6.19. The number of rotatable bonds is 7. The van der Waals surface area contributed by atoms with Gasteiger partial charge in [-0.2, -0.15) is 0 Å². The summed E-state index contributed by atoms with van der Waals surface area (Å²) in [5, 5.41) is 9.18. The van der Waals surface area contributed by atoms with Gasteiger partial charge in [0, 0.05) is 24.7 Å². The fourth-order valence-corrected chi connectivity index (χ4v) is 3.48. The zero-order chi connectivity index (χ0) is 16.9. The van der Waals surface area contributed by atoms with Gasteiger partial charge in [0.1, 0.15) is 5.75 Å². The predicted octanol–water partition coefficient (Wildman–Crippen LogP) is 3.47. The third kappa shape index (κ3) is 4.79. The Morgan fingerprint density at radius 3 is 2.65 bits per heavy atom. The van der Waals surface area contributed by atoms with E-state index in [0.29, 0.717) is 18.9 Å². The maximum Gasteiger partial charge on any atom is 0.166 e. The molecule has 0 unspecified atom stereocenters. The monoisotopic (exact) mass is 320 g/mol. The molecule has 0 aliphatic carbocycles. The molecule has 1 aromatic rings. The number of ether oxygens (including phenoxy) is 2. The molecule has 1 heterocycles. The van der Waals surface area contributed by atoms with Gasteiger partial charge in [0.25, 0.3) is 0 Å². The van der Waals surface area contributed by atoms with Crippen molar-refractivity contribution in [2.75, 3.05) is 20.3 Å². The molecule has 1 fully saturated rings. The summed E-state index contributed by atoms with van der Waals surface area (Å²) in [6.45, 7) is 4.99. The summed E-state index contributed by atoms with van der Waals surface area (Å²) in [6, 6.07) is 7.31. The van der Waals surface area contributed by atoms with Gasteiger partial charge in [0.15, 0.2) is 5.78 Å². The minimum atomic E-state index is -0.180. The lowest BCUT2D eigenvalue weighted by Crippen LogP contribution is -2.39. The molecule has 0 bridgehead atoms. The number of hydrogen-bond donors (Lipinski definition) is 1. The fourth-order valence-electron chi connectivity index (χ4n) is 3.48. The van der Waals surface area contributed by atoms with Gasteiger partial charge in [-0.25, -0.2) is 0 Å². The molecule has 2 atom stereocenters. The number of carbonyl (C=O) groups is 1. The van der Waals surface area contributed by atoms with Crippen LogP contribution in [0.25, 0.3) is 0 Å². The van der Waals surface area contributed by atoms with Gasteiger partial charge in [0.05, 0.1) is 12.7 Å². The highest BCUT2D eigenvalue weighted by atomic mass is 16.5. The van der Waals surface area contributed by atoms with Crippen LogP contribution in [0.4, 0.5) is 0 Å². The van der Waals surface area contributed by atoms with Gasteiger partial charge < -0.3 is 14.6 Å². The quantitative estimate of drug-likeness (QED) is 0.782. The Hall–Kier alpha value is -1.39. The van der Waals surface area contributed by atoms with Crippen LogP contribution in [0.15, 0.2) is 24.3 Å². The molecule has 0 saturated carbocycles. The number of ketones is 1.